The van der Waals surface area contributed by atoms with Crippen LogP contribution in [0.15, 0.2) is 53.6 Å². The van der Waals surface area contributed by atoms with Gasteiger partial charge in [-0.05, 0) is 73.2 Å². The lowest BCUT2D eigenvalue weighted by Gasteiger charge is -2.26. The molecule has 3 aromatic rings. The Morgan fingerprint density at radius 2 is 2.00 bits per heavy atom. The SMILES string of the molecule is CC[C@@H]1CN(Cc2cc(C(CC(N)=O)c3ccc(N(N)CC)c(N)c3C)ccc2C)S(=O)c2cccnc2O1. The minimum atomic E-state index is -1.44. The zero-order valence-electron chi connectivity index (χ0n) is 23.0. The third-order valence-corrected chi connectivity index (χ3v) is 8.82. The second kappa shape index (κ2) is 12.1. The molecule has 9 nitrogen and oxygen atoms in total. The minimum Gasteiger partial charge on any atom is -0.472 e. The van der Waals surface area contributed by atoms with Gasteiger partial charge in [-0.15, -0.1) is 0 Å². The molecular formula is C29H38N6O3S. The summed E-state index contributed by atoms with van der Waals surface area (Å²) in [6.07, 6.45) is 2.41. The van der Waals surface area contributed by atoms with Crippen LogP contribution in [0.2, 0.25) is 0 Å². The van der Waals surface area contributed by atoms with E-state index in [1.54, 1.807) is 23.3 Å². The molecule has 0 aliphatic carbocycles. The number of nitrogen functional groups attached to an aromatic ring is 1. The number of hydrogen-bond donors (Lipinski definition) is 3. The lowest BCUT2D eigenvalue weighted by Crippen LogP contribution is -2.33. The number of pyridine rings is 1. The number of nitrogens with two attached hydrogens (primary N) is 3. The molecule has 0 saturated heterocycles. The van der Waals surface area contributed by atoms with E-state index in [9.17, 15) is 9.00 Å². The number of aromatic nitrogens is 1. The summed E-state index contributed by atoms with van der Waals surface area (Å²) in [5.41, 5.74) is 18.3. The zero-order chi connectivity index (χ0) is 28.3. The first-order valence-corrected chi connectivity index (χ1v) is 14.3. The van der Waals surface area contributed by atoms with Crippen LogP contribution in [0, 0.1) is 13.8 Å². The number of fused-ring (bicyclic) bond motifs is 1. The van der Waals surface area contributed by atoms with Gasteiger partial charge >= 0.3 is 0 Å². The van der Waals surface area contributed by atoms with Crippen molar-refractivity contribution < 1.29 is 13.7 Å². The van der Waals surface area contributed by atoms with Gasteiger partial charge in [0.05, 0.1) is 11.4 Å². The topological polar surface area (TPSA) is 141 Å². The Morgan fingerprint density at radius 1 is 1.23 bits per heavy atom. The second-order valence-corrected chi connectivity index (χ2v) is 11.4. The first kappa shape index (κ1) is 28.5. The first-order valence-electron chi connectivity index (χ1n) is 13.2. The molecule has 0 bridgehead atoms. The van der Waals surface area contributed by atoms with E-state index >= 15 is 0 Å². The summed E-state index contributed by atoms with van der Waals surface area (Å²) in [4.78, 5) is 17.1. The summed E-state index contributed by atoms with van der Waals surface area (Å²) in [5, 5.41) is 1.60. The smallest absolute Gasteiger partial charge is 0.231 e. The quantitative estimate of drug-likeness (QED) is 0.210. The summed E-state index contributed by atoms with van der Waals surface area (Å²) >= 11 is 0. The number of primary amides is 1. The van der Waals surface area contributed by atoms with Crippen LogP contribution in [-0.2, 0) is 22.3 Å². The van der Waals surface area contributed by atoms with Crippen molar-refractivity contribution in [1.29, 1.82) is 0 Å². The van der Waals surface area contributed by atoms with E-state index in [0.29, 0.717) is 36.1 Å². The normalized spacial score (nSPS) is 18.1. The van der Waals surface area contributed by atoms with Gasteiger partial charge in [0.15, 0.2) is 0 Å². The highest BCUT2D eigenvalue weighted by Crippen LogP contribution is 2.37. The van der Waals surface area contributed by atoms with Crippen molar-refractivity contribution in [2.75, 3.05) is 23.8 Å². The number of amides is 1. The molecule has 0 saturated carbocycles. The fraction of sp³-hybridized carbons (Fsp3) is 0.379. The van der Waals surface area contributed by atoms with Gasteiger partial charge in [-0.1, -0.05) is 31.2 Å². The van der Waals surface area contributed by atoms with E-state index in [1.165, 1.54) is 0 Å². The van der Waals surface area contributed by atoms with Gasteiger partial charge in [0.2, 0.25) is 11.8 Å². The third kappa shape index (κ3) is 6.08. The maximum absolute atomic E-state index is 13.6. The van der Waals surface area contributed by atoms with Crippen LogP contribution in [0.4, 0.5) is 11.4 Å². The van der Waals surface area contributed by atoms with E-state index in [1.807, 2.05) is 56.3 Å². The van der Waals surface area contributed by atoms with Crippen molar-refractivity contribution in [1.82, 2.24) is 9.29 Å². The number of benzene rings is 2. The minimum absolute atomic E-state index is 0.128. The fourth-order valence-corrected chi connectivity index (χ4v) is 6.25. The molecule has 1 amide bonds. The van der Waals surface area contributed by atoms with Gasteiger partial charge in [0, 0.05) is 38.2 Å². The summed E-state index contributed by atoms with van der Waals surface area (Å²) < 4.78 is 21.6. The number of ether oxygens (including phenoxy) is 1. The summed E-state index contributed by atoms with van der Waals surface area (Å²) in [6, 6.07) is 13.6. The fourth-order valence-electron chi connectivity index (χ4n) is 4.97. The molecule has 1 aliphatic rings. The molecule has 39 heavy (non-hydrogen) atoms. The molecule has 1 aromatic heterocycles. The van der Waals surface area contributed by atoms with Crippen LogP contribution in [-0.4, -0.2) is 38.6 Å². The van der Waals surface area contributed by atoms with Gasteiger partial charge in [-0.2, -0.15) is 0 Å². The van der Waals surface area contributed by atoms with Gasteiger partial charge in [-0.25, -0.2) is 19.3 Å². The van der Waals surface area contributed by atoms with Crippen molar-refractivity contribution in [2.24, 2.45) is 11.6 Å². The van der Waals surface area contributed by atoms with E-state index in [2.05, 4.69) is 11.1 Å². The molecule has 0 spiro atoms. The first-order chi connectivity index (χ1) is 18.6. The molecule has 2 aromatic carbocycles. The predicted molar refractivity (Wildman–Crippen MR) is 155 cm³/mol. The Labute approximate surface area is 232 Å². The molecule has 0 fully saturated rings. The standard InChI is InChI=1S/C29H38N6O3S/c1-5-22-17-34(39(37)26-8-7-13-33-29(26)38-22)16-21-14-20(10-9-18(21)3)24(15-27(30)36)23-11-12-25(35(32)6-2)28(31)19(23)4/h7-14,22,24H,5-6,15-17,31-32H2,1-4H3,(H2,30,36)/t22-,24?,39?/m1/s1. The molecule has 1 aliphatic heterocycles. The molecule has 2 heterocycles. The monoisotopic (exact) mass is 550 g/mol. The second-order valence-electron chi connectivity index (χ2n) is 9.93. The van der Waals surface area contributed by atoms with E-state index in [4.69, 9.17) is 22.0 Å². The Bertz CT molecular complexity index is 1380. The number of hydrazine groups is 1. The van der Waals surface area contributed by atoms with Crippen molar-refractivity contribution in [3.8, 4) is 5.88 Å². The highest BCUT2D eigenvalue weighted by molar-refractivity contribution is 7.82. The maximum Gasteiger partial charge on any atom is 0.231 e. The van der Waals surface area contributed by atoms with Gasteiger partial charge < -0.3 is 21.2 Å². The molecule has 3 atom stereocenters. The summed E-state index contributed by atoms with van der Waals surface area (Å²) in [5.74, 6) is 5.84. The largest absolute Gasteiger partial charge is 0.472 e. The highest BCUT2D eigenvalue weighted by Gasteiger charge is 2.29. The molecule has 10 heteroatoms. The van der Waals surface area contributed by atoms with Crippen LogP contribution >= 0.6 is 0 Å². The number of rotatable bonds is 9. The highest BCUT2D eigenvalue weighted by atomic mass is 32.2. The Balaban J connectivity index is 1.72. The average molecular weight is 551 g/mol. The van der Waals surface area contributed by atoms with Crippen LogP contribution < -0.4 is 27.1 Å². The Hall–Kier alpha value is -3.47. The number of aryl methyl sites for hydroxylation is 1. The van der Waals surface area contributed by atoms with Crippen LogP contribution in [0.3, 0.4) is 0 Å². The summed E-state index contributed by atoms with van der Waals surface area (Å²) in [6.45, 7) is 9.53. The Morgan fingerprint density at radius 3 is 2.69 bits per heavy atom. The predicted octanol–water partition coefficient (Wildman–Crippen LogP) is 3.68. The average Bonchev–Trinajstić information content (AvgIpc) is 3.06. The van der Waals surface area contributed by atoms with Crippen molar-refractivity contribution >= 4 is 28.3 Å². The van der Waals surface area contributed by atoms with Crippen molar-refractivity contribution in [2.45, 2.75) is 64.0 Å². The van der Waals surface area contributed by atoms with Crippen molar-refractivity contribution in [3.63, 3.8) is 0 Å². The van der Waals surface area contributed by atoms with Crippen LogP contribution in [0.1, 0.15) is 60.4 Å². The van der Waals surface area contributed by atoms with E-state index < -0.39 is 16.9 Å². The molecule has 4 rings (SSSR count). The number of carbonyl (C=O) groups excluding carboxylic acids is 1. The number of hydrogen-bond acceptors (Lipinski definition) is 7. The van der Waals surface area contributed by atoms with E-state index in [-0.39, 0.29) is 18.4 Å². The zero-order valence-corrected chi connectivity index (χ0v) is 23.8. The van der Waals surface area contributed by atoms with E-state index in [0.717, 1.165) is 39.9 Å². The van der Waals surface area contributed by atoms with Crippen molar-refractivity contribution in [3.05, 3.63) is 76.5 Å². The lowest BCUT2D eigenvalue weighted by atomic mass is 9.84. The number of nitrogens with zero attached hydrogens (tertiary/aromatic N) is 3. The van der Waals surface area contributed by atoms with Gasteiger partial charge in [0.25, 0.3) is 0 Å². The number of anilines is 2. The lowest BCUT2D eigenvalue weighted by molar-refractivity contribution is -0.118. The molecule has 6 N–H and O–H groups in total. The van der Waals surface area contributed by atoms with Gasteiger partial charge in [-0.3, -0.25) is 4.79 Å². The molecule has 0 radical (unpaired) electrons. The summed E-state index contributed by atoms with van der Waals surface area (Å²) in [7, 11) is -1.44. The number of carbonyl (C=O) groups is 1. The van der Waals surface area contributed by atoms with Crippen LogP contribution in [0.25, 0.3) is 0 Å². The molecule has 208 valence electrons. The molecular weight excluding hydrogens is 512 g/mol. The molecule has 2 unspecified atom stereocenters. The Kier molecular flexibility index (Phi) is 8.89. The van der Waals surface area contributed by atoms with Crippen LogP contribution in [0.5, 0.6) is 5.88 Å². The third-order valence-electron chi connectivity index (χ3n) is 7.39. The van der Waals surface area contributed by atoms with Gasteiger partial charge in [0.1, 0.15) is 22.0 Å². The maximum atomic E-state index is 13.6.